The summed E-state index contributed by atoms with van der Waals surface area (Å²) in [5.41, 5.74) is 0. The van der Waals surface area contributed by atoms with Crippen molar-refractivity contribution >= 4 is 11.9 Å². The summed E-state index contributed by atoms with van der Waals surface area (Å²) in [4.78, 5) is 23.7. The second-order valence-electron chi connectivity index (χ2n) is 3.83. The lowest BCUT2D eigenvalue weighted by Gasteiger charge is -2.26. The van der Waals surface area contributed by atoms with Gasteiger partial charge in [-0.05, 0) is 19.8 Å². The lowest BCUT2D eigenvalue weighted by molar-refractivity contribution is -0.139. The van der Waals surface area contributed by atoms with Crippen LogP contribution in [0.4, 0.5) is 0 Å². The molecule has 0 aromatic carbocycles. The SMILES string of the molecule is CC1CCCCC(=O)N1CCC(=O)O. The number of rotatable bonds is 3. The smallest absolute Gasteiger partial charge is 0.305 e. The first kappa shape index (κ1) is 11.0. The van der Waals surface area contributed by atoms with Crippen LogP contribution in [0.3, 0.4) is 0 Å². The second-order valence-corrected chi connectivity index (χ2v) is 3.83. The fourth-order valence-corrected chi connectivity index (χ4v) is 1.82. The molecule has 0 spiro atoms. The number of likely N-dealkylation sites (tertiary alicyclic amines) is 1. The first-order chi connectivity index (χ1) is 6.61. The van der Waals surface area contributed by atoms with Gasteiger partial charge in [-0.3, -0.25) is 9.59 Å². The van der Waals surface area contributed by atoms with Crippen LogP contribution in [0.2, 0.25) is 0 Å². The van der Waals surface area contributed by atoms with Gasteiger partial charge in [0.2, 0.25) is 5.91 Å². The Kier molecular flexibility index (Phi) is 3.92. The van der Waals surface area contributed by atoms with Crippen molar-refractivity contribution < 1.29 is 14.7 Å². The molecule has 0 saturated carbocycles. The lowest BCUT2D eigenvalue weighted by Crippen LogP contribution is -2.38. The molecule has 0 aromatic rings. The Morgan fingerprint density at radius 1 is 1.57 bits per heavy atom. The van der Waals surface area contributed by atoms with E-state index in [1.54, 1.807) is 4.90 Å². The predicted octanol–water partition coefficient (Wildman–Crippen LogP) is 1.25. The fraction of sp³-hybridized carbons (Fsp3) is 0.800. The van der Waals surface area contributed by atoms with Gasteiger partial charge in [0.05, 0.1) is 6.42 Å². The average Bonchev–Trinajstić information content (AvgIpc) is 2.25. The van der Waals surface area contributed by atoms with Gasteiger partial charge in [0, 0.05) is 19.0 Å². The first-order valence-electron chi connectivity index (χ1n) is 5.12. The van der Waals surface area contributed by atoms with Gasteiger partial charge in [-0.1, -0.05) is 6.42 Å². The van der Waals surface area contributed by atoms with Crippen molar-refractivity contribution in [2.45, 2.75) is 45.1 Å². The van der Waals surface area contributed by atoms with E-state index in [1.807, 2.05) is 6.92 Å². The summed E-state index contributed by atoms with van der Waals surface area (Å²) in [6, 6.07) is 0.198. The third-order valence-electron chi connectivity index (χ3n) is 2.68. The lowest BCUT2D eigenvalue weighted by atomic mass is 10.1. The summed E-state index contributed by atoms with van der Waals surface area (Å²) in [6.45, 7) is 2.35. The van der Waals surface area contributed by atoms with E-state index in [-0.39, 0.29) is 18.4 Å². The molecule has 1 N–H and O–H groups in total. The summed E-state index contributed by atoms with van der Waals surface area (Å²) < 4.78 is 0. The van der Waals surface area contributed by atoms with Crippen LogP contribution in [0.5, 0.6) is 0 Å². The molecule has 14 heavy (non-hydrogen) atoms. The summed E-state index contributed by atoms with van der Waals surface area (Å²) in [5, 5.41) is 8.55. The highest BCUT2D eigenvalue weighted by molar-refractivity contribution is 5.77. The Labute approximate surface area is 83.9 Å². The Morgan fingerprint density at radius 2 is 2.29 bits per heavy atom. The van der Waals surface area contributed by atoms with Gasteiger partial charge in [-0.25, -0.2) is 0 Å². The summed E-state index contributed by atoms with van der Waals surface area (Å²) in [7, 11) is 0. The van der Waals surface area contributed by atoms with Crippen molar-refractivity contribution in [3.05, 3.63) is 0 Å². The van der Waals surface area contributed by atoms with Gasteiger partial charge in [0.1, 0.15) is 0 Å². The van der Waals surface area contributed by atoms with Gasteiger partial charge in [0.25, 0.3) is 0 Å². The topological polar surface area (TPSA) is 57.6 Å². The minimum Gasteiger partial charge on any atom is -0.481 e. The van der Waals surface area contributed by atoms with Crippen LogP contribution in [0.1, 0.15) is 39.0 Å². The van der Waals surface area contributed by atoms with Gasteiger partial charge in [-0.2, -0.15) is 0 Å². The van der Waals surface area contributed by atoms with E-state index in [4.69, 9.17) is 5.11 Å². The summed E-state index contributed by atoms with van der Waals surface area (Å²) in [5.74, 6) is -0.731. The molecule has 80 valence electrons. The number of nitrogens with zero attached hydrogens (tertiary/aromatic N) is 1. The third-order valence-corrected chi connectivity index (χ3v) is 2.68. The maximum atomic E-state index is 11.6. The van der Waals surface area contributed by atoms with Crippen molar-refractivity contribution in [3.63, 3.8) is 0 Å². The van der Waals surface area contributed by atoms with Crippen LogP contribution in [0.15, 0.2) is 0 Å². The molecule has 1 amide bonds. The van der Waals surface area contributed by atoms with Crippen molar-refractivity contribution in [3.8, 4) is 0 Å². The second kappa shape index (κ2) is 4.98. The molecule has 0 radical (unpaired) electrons. The number of carboxylic acids is 1. The fourth-order valence-electron chi connectivity index (χ4n) is 1.82. The van der Waals surface area contributed by atoms with Crippen molar-refractivity contribution in [2.75, 3.05) is 6.54 Å². The normalized spacial score (nSPS) is 23.4. The molecule has 1 fully saturated rings. The van der Waals surface area contributed by atoms with Crippen LogP contribution < -0.4 is 0 Å². The molecule has 0 bridgehead atoms. The molecule has 1 rings (SSSR count). The number of hydrogen-bond donors (Lipinski definition) is 1. The van der Waals surface area contributed by atoms with Crippen molar-refractivity contribution in [1.29, 1.82) is 0 Å². The van der Waals surface area contributed by atoms with Gasteiger partial charge in [-0.15, -0.1) is 0 Å². The average molecular weight is 199 g/mol. The molecular weight excluding hydrogens is 182 g/mol. The summed E-state index contributed by atoms with van der Waals surface area (Å²) >= 11 is 0. The van der Waals surface area contributed by atoms with E-state index in [1.165, 1.54) is 0 Å². The molecule has 1 heterocycles. The zero-order valence-corrected chi connectivity index (χ0v) is 8.53. The van der Waals surface area contributed by atoms with E-state index >= 15 is 0 Å². The molecule has 1 aliphatic rings. The minimum absolute atomic E-state index is 0.0517. The third kappa shape index (κ3) is 3.01. The Balaban J connectivity index is 2.51. The van der Waals surface area contributed by atoms with E-state index in [0.29, 0.717) is 13.0 Å². The Morgan fingerprint density at radius 3 is 2.93 bits per heavy atom. The van der Waals surface area contributed by atoms with Gasteiger partial charge >= 0.3 is 5.97 Å². The van der Waals surface area contributed by atoms with Gasteiger partial charge in [0.15, 0.2) is 0 Å². The number of carbonyl (C=O) groups excluding carboxylic acids is 1. The number of aliphatic carboxylic acids is 1. The molecule has 4 heteroatoms. The molecule has 1 saturated heterocycles. The molecule has 4 nitrogen and oxygen atoms in total. The predicted molar refractivity (Wildman–Crippen MR) is 51.9 cm³/mol. The Bertz CT molecular complexity index is 227. The molecule has 1 atom stereocenters. The molecular formula is C10H17NO3. The van der Waals surface area contributed by atoms with E-state index in [9.17, 15) is 9.59 Å². The van der Waals surface area contributed by atoms with Crippen molar-refractivity contribution in [2.24, 2.45) is 0 Å². The maximum Gasteiger partial charge on any atom is 0.305 e. The van der Waals surface area contributed by atoms with Gasteiger partial charge < -0.3 is 10.0 Å². The number of carbonyl (C=O) groups is 2. The molecule has 0 aromatic heterocycles. The van der Waals surface area contributed by atoms with E-state index in [0.717, 1.165) is 19.3 Å². The Hall–Kier alpha value is -1.06. The standard InChI is InChI=1S/C10H17NO3/c1-8-4-2-3-5-9(12)11(8)7-6-10(13)14/h8H,2-7H2,1H3,(H,13,14). The largest absolute Gasteiger partial charge is 0.481 e. The summed E-state index contributed by atoms with van der Waals surface area (Å²) in [6.07, 6.45) is 3.62. The van der Waals surface area contributed by atoms with Crippen molar-refractivity contribution in [1.82, 2.24) is 4.90 Å². The van der Waals surface area contributed by atoms with Crippen LogP contribution >= 0.6 is 0 Å². The maximum absolute atomic E-state index is 11.6. The number of amides is 1. The zero-order valence-electron chi connectivity index (χ0n) is 8.53. The number of hydrogen-bond acceptors (Lipinski definition) is 2. The quantitative estimate of drug-likeness (QED) is 0.744. The minimum atomic E-state index is -0.839. The molecule has 1 unspecified atom stereocenters. The van der Waals surface area contributed by atoms with E-state index in [2.05, 4.69) is 0 Å². The van der Waals surface area contributed by atoms with Crippen LogP contribution in [-0.2, 0) is 9.59 Å². The highest BCUT2D eigenvalue weighted by Gasteiger charge is 2.22. The van der Waals surface area contributed by atoms with Crippen LogP contribution in [0, 0.1) is 0 Å². The van der Waals surface area contributed by atoms with Crippen LogP contribution in [0.25, 0.3) is 0 Å². The monoisotopic (exact) mass is 199 g/mol. The molecule has 0 aliphatic carbocycles. The zero-order chi connectivity index (χ0) is 10.6. The van der Waals surface area contributed by atoms with Crippen LogP contribution in [-0.4, -0.2) is 34.5 Å². The first-order valence-corrected chi connectivity index (χ1v) is 5.12. The van der Waals surface area contributed by atoms with E-state index < -0.39 is 5.97 Å². The highest BCUT2D eigenvalue weighted by atomic mass is 16.4. The molecule has 1 aliphatic heterocycles. The number of carboxylic acid groups (broad SMARTS) is 1. The highest BCUT2D eigenvalue weighted by Crippen LogP contribution is 2.17.